The first-order chi connectivity index (χ1) is 9.66. The summed E-state index contributed by atoms with van der Waals surface area (Å²) >= 11 is 0. The molecule has 6 nitrogen and oxygen atoms in total. The van der Waals surface area contributed by atoms with Gasteiger partial charge in [-0.3, -0.25) is 4.79 Å². The SMILES string of the molecule is CN(C)CCCNC(=O)c1cnc(N2CCCC2)nc1. The fraction of sp³-hybridized carbons (Fsp3) is 0.643. The van der Waals surface area contributed by atoms with Crippen LogP contribution in [0.4, 0.5) is 5.95 Å². The summed E-state index contributed by atoms with van der Waals surface area (Å²) in [6.45, 7) is 3.65. The molecule has 1 saturated heterocycles. The second-order valence-electron chi connectivity index (χ2n) is 5.38. The fourth-order valence-corrected chi connectivity index (χ4v) is 2.22. The Balaban J connectivity index is 1.81. The number of rotatable bonds is 6. The lowest BCUT2D eigenvalue weighted by molar-refractivity contribution is 0.0951. The molecule has 0 unspecified atom stereocenters. The molecule has 20 heavy (non-hydrogen) atoms. The predicted molar refractivity (Wildman–Crippen MR) is 79.0 cm³/mol. The first-order valence-electron chi connectivity index (χ1n) is 7.17. The van der Waals surface area contributed by atoms with Crippen molar-refractivity contribution in [3.05, 3.63) is 18.0 Å². The molecule has 1 aromatic heterocycles. The minimum Gasteiger partial charge on any atom is -0.352 e. The zero-order chi connectivity index (χ0) is 14.4. The van der Waals surface area contributed by atoms with Gasteiger partial charge in [0, 0.05) is 32.0 Å². The quantitative estimate of drug-likeness (QED) is 0.778. The van der Waals surface area contributed by atoms with Crippen LogP contribution in [0.15, 0.2) is 12.4 Å². The number of anilines is 1. The summed E-state index contributed by atoms with van der Waals surface area (Å²) in [5.41, 5.74) is 0.526. The molecule has 2 rings (SSSR count). The largest absolute Gasteiger partial charge is 0.352 e. The lowest BCUT2D eigenvalue weighted by atomic mass is 10.3. The molecular formula is C14H23N5O. The topological polar surface area (TPSA) is 61.4 Å². The van der Waals surface area contributed by atoms with Gasteiger partial charge in [-0.05, 0) is 39.9 Å². The van der Waals surface area contributed by atoms with Gasteiger partial charge >= 0.3 is 0 Å². The molecule has 1 fully saturated rings. The molecule has 0 spiro atoms. The highest BCUT2D eigenvalue weighted by Gasteiger charge is 2.15. The maximum atomic E-state index is 11.9. The van der Waals surface area contributed by atoms with Crippen molar-refractivity contribution in [1.82, 2.24) is 20.2 Å². The first-order valence-corrected chi connectivity index (χ1v) is 7.17. The van der Waals surface area contributed by atoms with E-state index in [1.54, 1.807) is 12.4 Å². The Kier molecular flexibility index (Phi) is 5.29. The third-order valence-corrected chi connectivity index (χ3v) is 3.36. The number of hydrogen-bond donors (Lipinski definition) is 1. The maximum Gasteiger partial charge on any atom is 0.254 e. The number of aromatic nitrogens is 2. The Hall–Kier alpha value is -1.69. The van der Waals surface area contributed by atoms with Gasteiger partial charge in [0.1, 0.15) is 0 Å². The Morgan fingerprint density at radius 1 is 1.30 bits per heavy atom. The summed E-state index contributed by atoms with van der Waals surface area (Å²) in [5, 5.41) is 2.88. The molecule has 0 bridgehead atoms. The minimum absolute atomic E-state index is 0.100. The fourth-order valence-electron chi connectivity index (χ4n) is 2.22. The summed E-state index contributed by atoms with van der Waals surface area (Å²) in [4.78, 5) is 24.7. The van der Waals surface area contributed by atoms with Crippen molar-refractivity contribution < 1.29 is 4.79 Å². The predicted octanol–water partition coefficient (Wildman–Crippen LogP) is 0.758. The molecule has 1 aromatic rings. The number of nitrogens with one attached hydrogen (secondary N) is 1. The van der Waals surface area contributed by atoms with Gasteiger partial charge in [0.15, 0.2) is 0 Å². The van der Waals surface area contributed by atoms with E-state index < -0.39 is 0 Å². The molecule has 110 valence electrons. The first kappa shape index (κ1) is 14.7. The van der Waals surface area contributed by atoms with Crippen LogP contribution in [-0.4, -0.2) is 61.0 Å². The van der Waals surface area contributed by atoms with Crippen molar-refractivity contribution >= 4 is 11.9 Å². The van der Waals surface area contributed by atoms with Crippen LogP contribution in [0.25, 0.3) is 0 Å². The summed E-state index contributed by atoms with van der Waals surface area (Å²) in [6, 6.07) is 0. The summed E-state index contributed by atoms with van der Waals surface area (Å²) in [6.07, 6.45) is 6.55. The Labute approximate surface area is 120 Å². The Bertz CT molecular complexity index is 426. The smallest absolute Gasteiger partial charge is 0.254 e. The van der Waals surface area contributed by atoms with Crippen LogP contribution in [-0.2, 0) is 0 Å². The van der Waals surface area contributed by atoms with Crippen molar-refractivity contribution in [2.75, 3.05) is 45.2 Å². The third kappa shape index (κ3) is 4.16. The highest BCUT2D eigenvalue weighted by atomic mass is 16.1. The number of carbonyl (C=O) groups is 1. The van der Waals surface area contributed by atoms with Crippen molar-refractivity contribution in [3.63, 3.8) is 0 Å². The molecule has 0 atom stereocenters. The summed E-state index contributed by atoms with van der Waals surface area (Å²) < 4.78 is 0. The summed E-state index contributed by atoms with van der Waals surface area (Å²) in [7, 11) is 4.04. The molecule has 1 aliphatic heterocycles. The van der Waals surface area contributed by atoms with Crippen LogP contribution >= 0.6 is 0 Å². The van der Waals surface area contributed by atoms with Crippen molar-refractivity contribution in [2.24, 2.45) is 0 Å². The van der Waals surface area contributed by atoms with Crippen LogP contribution in [0.1, 0.15) is 29.6 Å². The maximum absolute atomic E-state index is 11.9. The molecule has 0 aliphatic carbocycles. The zero-order valence-corrected chi connectivity index (χ0v) is 12.3. The van der Waals surface area contributed by atoms with Crippen LogP contribution in [0.3, 0.4) is 0 Å². The minimum atomic E-state index is -0.100. The lowest BCUT2D eigenvalue weighted by Gasteiger charge is -2.14. The van der Waals surface area contributed by atoms with Crippen molar-refractivity contribution in [3.8, 4) is 0 Å². The van der Waals surface area contributed by atoms with E-state index >= 15 is 0 Å². The third-order valence-electron chi connectivity index (χ3n) is 3.36. The van der Waals surface area contributed by atoms with Crippen molar-refractivity contribution in [2.45, 2.75) is 19.3 Å². The molecule has 0 aromatic carbocycles. The Morgan fingerprint density at radius 3 is 2.55 bits per heavy atom. The zero-order valence-electron chi connectivity index (χ0n) is 12.3. The molecule has 6 heteroatoms. The highest BCUT2D eigenvalue weighted by molar-refractivity contribution is 5.93. The van der Waals surface area contributed by atoms with Gasteiger partial charge in [0.2, 0.25) is 5.95 Å². The Morgan fingerprint density at radius 2 is 1.95 bits per heavy atom. The second kappa shape index (κ2) is 7.19. The summed E-state index contributed by atoms with van der Waals surface area (Å²) in [5.74, 6) is 0.628. The van der Waals surface area contributed by atoms with Crippen LogP contribution in [0.2, 0.25) is 0 Å². The molecule has 1 aliphatic rings. The number of nitrogens with zero attached hydrogens (tertiary/aromatic N) is 4. The molecule has 0 saturated carbocycles. The highest BCUT2D eigenvalue weighted by Crippen LogP contribution is 2.14. The van der Waals surface area contributed by atoms with Crippen molar-refractivity contribution in [1.29, 1.82) is 0 Å². The van der Waals surface area contributed by atoms with Gasteiger partial charge in [-0.1, -0.05) is 0 Å². The lowest BCUT2D eigenvalue weighted by Crippen LogP contribution is -2.27. The van der Waals surface area contributed by atoms with E-state index in [0.29, 0.717) is 12.1 Å². The van der Waals surface area contributed by atoms with Gasteiger partial charge in [-0.25, -0.2) is 9.97 Å². The van der Waals surface area contributed by atoms with E-state index in [-0.39, 0.29) is 5.91 Å². The average molecular weight is 277 g/mol. The van der Waals surface area contributed by atoms with E-state index in [1.807, 2.05) is 14.1 Å². The van der Waals surface area contributed by atoms with E-state index in [2.05, 4.69) is 25.1 Å². The normalized spacial score (nSPS) is 14.8. The van der Waals surface area contributed by atoms with E-state index in [0.717, 1.165) is 32.0 Å². The average Bonchev–Trinajstić information content (AvgIpc) is 2.97. The van der Waals surface area contributed by atoms with Gasteiger partial charge in [-0.2, -0.15) is 0 Å². The van der Waals surface area contributed by atoms with Gasteiger partial charge in [0.05, 0.1) is 5.56 Å². The van der Waals surface area contributed by atoms with Crippen LogP contribution < -0.4 is 10.2 Å². The second-order valence-corrected chi connectivity index (χ2v) is 5.38. The van der Waals surface area contributed by atoms with Gasteiger partial charge in [0.25, 0.3) is 5.91 Å². The molecule has 2 heterocycles. The number of hydrogen-bond acceptors (Lipinski definition) is 5. The van der Waals surface area contributed by atoms with Crippen LogP contribution in [0.5, 0.6) is 0 Å². The number of amides is 1. The molecule has 1 N–H and O–H groups in total. The van der Waals surface area contributed by atoms with E-state index in [9.17, 15) is 4.79 Å². The van der Waals surface area contributed by atoms with Crippen LogP contribution in [0, 0.1) is 0 Å². The molecule has 0 radical (unpaired) electrons. The van der Waals surface area contributed by atoms with Gasteiger partial charge in [-0.15, -0.1) is 0 Å². The van der Waals surface area contributed by atoms with Gasteiger partial charge < -0.3 is 15.1 Å². The molecular weight excluding hydrogens is 254 g/mol. The standard InChI is InChI=1S/C14H23N5O/c1-18(2)7-5-6-15-13(20)12-10-16-14(17-11-12)19-8-3-4-9-19/h10-11H,3-9H2,1-2H3,(H,15,20). The number of carbonyl (C=O) groups excluding carboxylic acids is 1. The molecule has 1 amide bonds. The van der Waals surface area contributed by atoms with E-state index in [1.165, 1.54) is 12.8 Å². The van der Waals surface area contributed by atoms with E-state index in [4.69, 9.17) is 0 Å². The monoisotopic (exact) mass is 277 g/mol.